The average molecular weight is 277 g/mol. The standard InChI is InChI=1S/C15H20FN3O/c1-10-9-19(6-7-20-10)15(17)18-14-8-13(14)11-2-4-12(16)5-3-11/h2-5,10,13-14H,6-9H2,1H3,(H2,17,18)/t10?,13-,14+/m0/s1. The molecule has 1 aromatic carbocycles. The number of aliphatic imine (C=N–C) groups is 1. The van der Waals surface area contributed by atoms with Gasteiger partial charge in [0.15, 0.2) is 5.96 Å². The fourth-order valence-electron chi connectivity index (χ4n) is 2.67. The van der Waals surface area contributed by atoms with Gasteiger partial charge in [-0.3, -0.25) is 0 Å². The van der Waals surface area contributed by atoms with E-state index in [1.54, 1.807) is 0 Å². The Labute approximate surface area is 118 Å². The Morgan fingerprint density at radius 1 is 1.40 bits per heavy atom. The molecule has 108 valence electrons. The largest absolute Gasteiger partial charge is 0.375 e. The SMILES string of the molecule is CC1CN(C(N)=N[C@@H]2C[C@H]2c2ccc(F)cc2)CCO1. The second kappa shape index (κ2) is 5.40. The lowest BCUT2D eigenvalue weighted by Gasteiger charge is -2.31. The number of guanidine groups is 1. The van der Waals surface area contributed by atoms with Crippen molar-refractivity contribution in [2.75, 3.05) is 19.7 Å². The Bertz CT molecular complexity index is 502. The van der Waals surface area contributed by atoms with Crippen LogP contribution in [0.25, 0.3) is 0 Å². The lowest BCUT2D eigenvalue weighted by atomic mass is 10.1. The average Bonchev–Trinajstić information content (AvgIpc) is 3.19. The molecular weight excluding hydrogens is 257 g/mol. The highest BCUT2D eigenvalue weighted by Gasteiger charge is 2.39. The van der Waals surface area contributed by atoms with Crippen LogP contribution in [0.3, 0.4) is 0 Å². The maximum absolute atomic E-state index is 12.9. The van der Waals surface area contributed by atoms with Gasteiger partial charge in [-0.25, -0.2) is 9.38 Å². The molecule has 2 N–H and O–H groups in total. The first-order valence-electron chi connectivity index (χ1n) is 7.09. The predicted octanol–water partition coefficient (Wildman–Crippen LogP) is 1.72. The molecule has 3 rings (SSSR count). The molecule has 0 radical (unpaired) electrons. The van der Waals surface area contributed by atoms with E-state index in [2.05, 4.69) is 9.89 Å². The molecule has 0 amide bonds. The fraction of sp³-hybridized carbons (Fsp3) is 0.533. The van der Waals surface area contributed by atoms with E-state index in [1.807, 2.05) is 19.1 Å². The second-order valence-corrected chi connectivity index (χ2v) is 5.58. The van der Waals surface area contributed by atoms with Gasteiger partial charge in [0.1, 0.15) is 5.82 Å². The van der Waals surface area contributed by atoms with Crippen molar-refractivity contribution >= 4 is 5.96 Å². The van der Waals surface area contributed by atoms with Crippen molar-refractivity contribution in [3.63, 3.8) is 0 Å². The molecule has 1 heterocycles. The monoisotopic (exact) mass is 277 g/mol. The zero-order valence-electron chi connectivity index (χ0n) is 11.6. The number of hydrogen-bond acceptors (Lipinski definition) is 2. The summed E-state index contributed by atoms with van der Waals surface area (Å²) in [5.41, 5.74) is 7.22. The van der Waals surface area contributed by atoms with Crippen LogP contribution in [0.2, 0.25) is 0 Å². The van der Waals surface area contributed by atoms with E-state index in [0.29, 0.717) is 18.5 Å². The van der Waals surface area contributed by atoms with Gasteiger partial charge in [0, 0.05) is 19.0 Å². The summed E-state index contributed by atoms with van der Waals surface area (Å²) in [6, 6.07) is 6.91. The first-order chi connectivity index (χ1) is 9.63. The fourth-order valence-corrected chi connectivity index (χ4v) is 2.67. The number of ether oxygens (including phenoxy) is 1. The van der Waals surface area contributed by atoms with Gasteiger partial charge in [0.05, 0.1) is 18.8 Å². The predicted molar refractivity (Wildman–Crippen MR) is 76.2 cm³/mol. The van der Waals surface area contributed by atoms with Crippen LogP contribution in [-0.4, -0.2) is 42.7 Å². The number of hydrogen-bond donors (Lipinski definition) is 1. The van der Waals surface area contributed by atoms with Gasteiger partial charge >= 0.3 is 0 Å². The van der Waals surface area contributed by atoms with Crippen LogP contribution in [0.4, 0.5) is 4.39 Å². The van der Waals surface area contributed by atoms with Crippen LogP contribution in [0.5, 0.6) is 0 Å². The first kappa shape index (κ1) is 13.4. The normalized spacial score (nSPS) is 30.4. The molecule has 1 saturated carbocycles. The Hall–Kier alpha value is -1.62. The quantitative estimate of drug-likeness (QED) is 0.661. The second-order valence-electron chi connectivity index (χ2n) is 5.58. The Balaban J connectivity index is 1.61. The minimum Gasteiger partial charge on any atom is -0.375 e. The molecule has 0 aromatic heterocycles. The van der Waals surface area contributed by atoms with E-state index in [0.717, 1.165) is 25.1 Å². The minimum absolute atomic E-state index is 0.198. The van der Waals surface area contributed by atoms with Crippen molar-refractivity contribution in [1.29, 1.82) is 0 Å². The highest BCUT2D eigenvalue weighted by molar-refractivity contribution is 5.78. The van der Waals surface area contributed by atoms with Crippen LogP contribution >= 0.6 is 0 Å². The van der Waals surface area contributed by atoms with E-state index in [4.69, 9.17) is 10.5 Å². The zero-order chi connectivity index (χ0) is 14.1. The molecule has 1 aliphatic carbocycles. The highest BCUT2D eigenvalue weighted by atomic mass is 19.1. The van der Waals surface area contributed by atoms with Crippen molar-refractivity contribution in [2.45, 2.75) is 31.4 Å². The molecule has 1 saturated heterocycles. The molecule has 0 spiro atoms. The Morgan fingerprint density at radius 3 is 2.85 bits per heavy atom. The van der Waals surface area contributed by atoms with E-state index < -0.39 is 0 Å². The van der Waals surface area contributed by atoms with Crippen LogP contribution in [0.1, 0.15) is 24.8 Å². The van der Waals surface area contributed by atoms with Crippen molar-refractivity contribution < 1.29 is 9.13 Å². The van der Waals surface area contributed by atoms with Gasteiger partial charge in [-0.2, -0.15) is 0 Å². The first-order valence-corrected chi connectivity index (χ1v) is 7.09. The number of benzene rings is 1. The lowest BCUT2D eigenvalue weighted by molar-refractivity contribution is 0.00528. The molecule has 1 aliphatic heterocycles. The summed E-state index contributed by atoms with van der Waals surface area (Å²) in [6.45, 7) is 4.33. The van der Waals surface area contributed by atoms with E-state index in [1.165, 1.54) is 12.1 Å². The summed E-state index contributed by atoms with van der Waals surface area (Å²) in [6.07, 6.45) is 1.19. The molecule has 2 aliphatic rings. The molecule has 3 atom stereocenters. The maximum Gasteiger partial charge on any atom is 0.191 e. The van der Waals surface area contributed by atoms with Gasteiger partial charge < -0.3 is 15.4 Å². The minimum atomic E-state index is -0.198. The third-order valence-electron chi connectivity index (χ3n) is 3.92. The summed E-state index contributed by atoms with van der Waals surface area (Å²) in [4.78, 5) is 6.68. The van der Waals surface area contributed by atoms with Gasteiger partial charge in [-0.1, -0.05) is 12.1 Å². The number of halogens is 1. The number of morpholine rings is 1. The smallest absolute Gasteiger partial charge is 0.191 e. The number of rotatable bonds is 2. The van der Waals surface area contributed by atoms with Crippen molar-refractivity contribution in [1.82, 2.24) is 4.90 Å². The summed E-state index contributed by atoms with van der Waals surface area (Å²) < 4.78 is 18.4. The van der Waals surface area contributed by atoms with Crippen molar-refractivity contribution in [3.05, 3.63) is 35.6 Å². The third kappa shape index (κ3) is 2.93. The van der Waals surface area contributed by atoms with Crippen LogP contribution in [0.15, 0.2) is 29.3 Å². The third-order valence-corrected chi connectivity index (χ3v) is 3.92. The zero-order valence-corrected chi connectivity index (χ0v) is 11.6. The molecule has 20 heavy (non-hydrogen) atoms. The number of nitrogens with two attached hydrogens (primary N) is 1. The van der Waals surface area contributed by atoms with Crippen LogP contribution < -0.4 is 5.73 Å². The maximum atomic E-state index is 12.9. The molecule has 5 heteroatoms. The van der Waals surface area contributed by atoms with E-state index in [-0.39, 0.29) is 18.0 Å². The molecular formula is C15H20FN3O. The lowest BCUT2D eigenvalue weighted by Crippen LogP contribution is -2.48. The highest BCUT2D eigenvalue weighted by Crippen LogP contribution is 2.43. The van der Waals surface area contributed by atoms with E-state index >= 15 is 0 Å². The topological polar surface area (TPSA) is 50.8 Å². The molecule has 1 unspecified atom stereocenters. The molecule has 2 fully saturated rings. The van der Waals surface area contributed by atoms with Crippen molar-refractivity contribution in [2.24, 2.45) is 10.7 Å². The van der Waals surface area contributed by atoms with Gasteiger partial charge in [0.2, 0.25) is 0 Å². The Kier molecular flexibility index (Phi) is 3.61. The molecule has 4 nitrogen and oxygen atoms in total. The molecule has 1 aromatic rings. The van der Waals surface area contributed by atoms with Crippen LogP contribution in [-0.2, 0) is 4.74 Å². The Morgan fingerprint density at radius 2 is 2.15 bits per heavy atom. The summed E-state index contributed by atoms with van der Waals surface area (Å²) in [7, 11) is 0. The number of nitrogens with zero attached hydrogens (tertiary/aromatic N) is 2. The molecule has 0 bridgehead atoms. The summed E-state index contributed by atoms with van der Waals surface area (Å²) in [5.74, 6) is 0.790. The van der Waals surface area contributed by atoms with Gasteiger partial charge in [-0.15, -0.1) is 0 Å². The van der Waals surface area contributed by atoms with Crippen molar-refractivity contribution in [3.8, 4) is 0 Å². The van der Waals surface area contributed by atoms with Gasteiger partial charge in [0.25, 0.3) is 0 Å². The van der Waals surface area contributed by atoms with Crippen LogP contribution in [0, 0.1) is 5.82 Å². The summed E-state index contributed by atoms with van der Waals surface area (Å²) >= 11 is 0. The summed E-state index contributed by atoms with van der Waals surface area (Å²) in [5, 5.41) is 0. The van der Waals surface area contributed by atoms with Gasteiger partial charge in [-0.05, 0) is 31.0 Å². The van der Waals surface area contributed by atoms with E-state index in [9.17, 15) is 4.39 Å².